The van der Waals surface area contributed by atoms with E-state index in [2.05, 4.69) is 0 Å². The lowest BCUT2D eigenvalue weighted by Crippen LogP contribution is -2.40. The van der Waals surface area contributed by atoms with Gasteiger partial charge in [-0.3, -0.25) is 4.79 Å². The first-order valence-electron chi connectivity index (χ1n) is 4.79. The monoisotopic (exact) mass is 266 g/mol. The third kappa shape index (κ3) is 3.88. The van der Waals surface area contributed by atoms with E-state index in [4.69, 9.17) is 10.8 Å². The molecule has 0 aliphatic carbocycles. The summed E-state index contributed by atoms with van der Waals surface area (Å²) in [5.41, 5.74) is 5.02. The number of nitrogen functional groups attached to an aromatic ring is 1. The van der Waals surface area contributed by atoms with E-state index in [-0.39, 0.29) is 11.3 Å². The smallest absolute Gasteiger partial charge is 0.399 e. The van der Waals surface area contributed by atoms with E-state index in [0.717, 1.165) is 18.2 Å². The molecule has 100 valence electrons. The lowest BCUT2D eigenvalue weighted by atomic mass is 10.2. The number of nitrogens with two attached hydrogens (primary N) is 1. The summed E-state index contributed by atoms with van der Waals surface area (Å²) in [6.45, 7) is -1.02. The Hall–Kier alpha value is -1.83. The van der Waals surface area contributed by atoms with Crippen molar-refractivity contribution in [2.24, 2.45) is 0 Å². The molecule has 1 aromatic rings. The van der Waals surface area contributed by atoms with Crippen LogP contribution in [-0.4, -0.2) is 29.8 Å². The third-order valence-electron chi connectivity index (χ3n) is 2.02. The Morgan fingerprint density at radius 3 is 2.50 bits per heavy atom. The number of carbonyl (C=O) groups is 1. The fraction of sp³-hybridized carbons (Fsp3) is 0.300. The molecule has 18 heavy (non-hydrogen) atoms. The Balaban J connectivity index is 2.66. The van der Waals surface area contributed by atoms with Crippen molar-refractivity contribution < 1.29 is 27.5 Å². The number of aliphatic hydroxyl groups is 1. The van der Waals surface area contributed by atoms with Crippen molar-refractivity contribution in [3.05, 3.63) is 29.6 Å². The molecule has 0 aliphatic heterocycles. The quantitative estimate of drug-likeness (QED) is 0.565. The second-order valence-electron chi connectivity index (χ2n) is 3.54. The van der Waals surface area contributed by atoms with Gasteiger partial charge in [-0.15, -0.1) is 0 Å². The van der Waals surface area contributed by atoms with Crippen LogP contribution in [0.5, 0.6) is 0 Å². The SMILES string of the molecule is Nc1cc(F)cc(C(=O)NCC(O)C(F)(F)F)c1. The molecular formula is C10H10F4N2O2. The molecule has 1 unspecified atom stereocenters. The van der Waals surface area contributed by atoms with Crippen LogP contribution in [0.15, 0.2) is 18.2 Å². The average Bonchev–Trinajstić information content (AvgIpc) is 2.22. The van der Waals surface area contributed by atoms with E-state index >= 15 is 0 Å². The van der Waals surface area contributed by atoms with Crippen molar-refractivity contribution in [3.8, 4) is 0 Å². The topological polar surface area (TPSA) is 75.4 Å². The number of anilines is 1. The van der Waals surface area contributed by atoms with Gasteiger partial charge in [0.1, 0.15) is 5.82 Å². The first-order chi connectivity index (χ1) is 8.20. The standard InChI is InChI=1S/C10H10F4N2O2/c11-6-1-5(2-7(15)3-6)9(18)16-4-8(17)10(12,13)14/h1-3,8,17H,4,15H2,(H,16,18). The predicted octanol–water partition coefficient (Wildman–Crippen LogP) is 1.06. The van der Waals surface area contributed by atoms with Crippen molar-refractivity contribution in [2.45, 2.75) is 12.3 Å². The number of nitrogens with one attached hydrogen (secondary N) is 1. The minimum absolute atomic E-state index is 0.0310. The van der Waals surface area contributed by atoms with Crippen LogP contribution >= 0.6 is 0 Å². The molecule has 0 bridgehead atoms. The van der Waals surface area contributed by atoms with Gasteiger partial charge in [0, 0.05) is 11.3 Å². The number of hydrogen-bond acceptors (Lipinski definition) is 3. The molecule has 1 amide bonds. The zero-order chi connectivity index (χ0) is 13.9. The summed E-state index contributed by atoms with van der Waals surface area (Å²) in [6, 6.07) is 2.89. The van der Waals surface area contributed by atoms with Crippen LogP contribution in [0.1, 0.15) is 10.4 Å². The van der Waals surface area contributed by atoms with Crippen LogP contribution in [0, 0.1) is 5.82 Å². The first-order valence-corrected chi connectivity index (χ1v) is 4.79. The molecule has 8 heteroatoms. The minimum atomic E-state index is -4.83. The van der Waals surface area contributed by atoms with Crippen LogP contribution in [0.3, 0.4) is 0 Å². The molecule has 0 aromatic heterocycles. The van der Waals surface area contributed by atoms with Gasteiger partial charge in [-0.25, -0.2) is 4.39 Å². The highest BCUT2D eigenvalue weighted by Gasteiger charge is 2.38. The summed E-state index contributed by atoms with van der Waals surface area (Å²) in [7, 11) is 0. The highest BCUT2D eigenvalue weighted by molar-refractivity contribution is 5.95. The van der Waals surface area contributed by atoms with Crippen molar-refractivity contribution in [2.75, 3.05) is 12.3 Å². The number of hydrogen-bond donors (Lipinski definition) is 3. The molecule has 0 spiro atoms. The normalized spacial score (nSPS) is 13.2. The summed E-state index contributed by atoms with van der Waals surface area (Å²) < 4.78 is 48.7. The predicted molar refractivity (Wildman–Crippen MR) is 55.2 cm³/mol. The summed E-state index contributed by atoms with van der Waals surface area (Å²) in [5.74, 6) is -1.74. The number of benzene rings is 1. The molecular weight excluding hydrogens is 256 g/mol. The zero-order valence-corrected chi connectivity index (χ0v) is 8.96. The molecule has 0 heterocycles. The maximum Gasteiger partial charge on any atom is 0.416 e. The van der Waals surface area contributed by atoms with Crippen molar-refractivity contribution in [1.82, 2.24) is 5.32 Å². The fourth-order valence-corrected chi connectivity index (χ4v) is 1.15. The number of carbonyl (C=O) groups excluding carboxylic acids is 1. The van der Waals surface area contributed by atoms with Gasteiger partial charge in [0.15, 0.2) is 6.10 Å². The summed E-state index contributed by atoms with van der Waals surface area (Å²) in [5, 5.41) is 10.5. The Kier molecular flexibility index (Phi) is 4.12. The second kappa shape index (κ2) is 5.21. The maximum atomic E-state index is 12.9. The lowest BCUT2D eigenvalue weighted by Gasteiger charge is -2.15. The van der Waals surface area contributed by atoms with E-state index < -0.39 is 30.5 Å². The van der Waals surface area contributed by atoms with E-state index in [1.807, 2.05) is 5.32 Å². The minimum Gasteiger partial charge on any atom is -0.399 e. The van der Waals surface area contributed by atoms with Gasteiger partial charge in [0.25, 0.3) is 5.91 Å². The van der Waals surface area contributed by atoms with E-state index in [0.29, 0.717) is 0 Å². The number of alkyl halides is 3. The van der Waals surface area contributed by atoms with Crippen LogP contribution in [-0.2, 0) is 0 Å². The molecule has 0 aliphatic rings. The zero-order valence-electron chi connectivity index (χ0n) is 8.96. The van der Waals surface area contributed by atoms with Crippen molar-refractivity contribution in [1.29, 1.82) is 0 Å². The summed E-state index contributed by atoms with van der Waals surface area (Å²) in [4.78, 5) is 11.4. The van der Waals surface area contributed by atoms with Crippen LogP contribution in [0.2, 0.25) is 0 Å². The number of rotatable bonds is 3. The van der Waals surface area contributed by atoms with E-state index in [1.54, 1.807) is 0 Å². The van der Waals surface area contributed by atoms with Crippen LogP contribution in [0.4, 0.5) is 23.2 Å². The van der Waals surface area contributed by atoms with Crippen molar-refractivity contribution >= 4 is 11.6 Å². The molecule has 0 saturated carbocycles. The Morgan fingerprint density at radius 1 is 1.39 bits per heavy atom. The highest BCUT2D eigenvalue weighted by atomic mass is 19.4. The van der Waals surface area contributed by atoms with Crippen molar-refractivity contribution in [3.63, 3.8) is 0 Å². The Bertz CT molecular complexity index is 428. The molecule has 1 aromatic carbocycles. The second-order valence-corrected chi connectivity index (χ2v) is 3.54. The molecule has 4 N–H and O–H groups in total. The molecule has 4 nitrogen and oxygen atoms in total. The summed E-state index contributed by atoms with van der Waals surface area (Å²) >= 11 is 0. The number of halogens is 4. The number of amides is 1. The highest BCUT2D eigenvalue weighted by Crippen LogP contribution is 2.19. The average molecular weight is 266 g/mol. The Labute approximate surface area is 99.4 Å². The molecule has 0 fully saturated rings. The first kappa shape index (κ1) is 14.2. The van der Waals surface area contributed by atoms with Gasteiger partial charge in [-0.2, -0.15) is 13.2 Å². The molecule has 1 rings (SSSR count). The lowest BCUT2D eigenvalue weighted by molar-refractivity contribution is -0.201. The van der Waals surface area contributed by atoms with Gasteiger partial charge in [-0.05, 0) is 18.2 Å². The molecule has 0 radical (unpaired) electrons. The Morgan fingerprint density at radius 2 is 2.00 bits per heavy atom. The van der Waals surface area contributed by atoms with Crippen LogP contribution < -0.4 is 11.1 Å². The van der Waals surface area contributed by atoms with Gasteiger partial charge in [-0.1, -0.05) is 0 Å². The molecule has 0 saturated heterocycles. The summed E-state index contributed by atoms with van der Waals surface area (Å²) in [6.07, 6.45) is -7.50. The molecule has 1 atom stereocenters. The van der Waals surface area contributed by atoms with E-state index in [9.17, 15) is 22.4 Å². The van der Waals surface area contributed by atoms with E-state index in [1.165, 1.54) is 0 Å². The van der Waals surface area contributed by atoms with Gasteiger partial charge < -0.3 is 16.2 Å². The van der Waals surface area contributed by atoms with Gasteiger partial charge in [0.05, 0.1) is 6.54 Å². The van der Waals surface area contributed by atoms with Crippen LogP contribution in [0.25, 0.3) is 0 Å². The van der Waals surface area contributed by atoms with Gasteiger partial charge >= 0.3 is 6.18 Å². The fourth-order valence-electron chi connectivity index (χ4n) is 1.15. The third-order valence-corrected chi connectivity index (χ3v) is 2.02. The van der Waals surface area contributed by atoms with Gasteiger partial charge in [0.2, 0.25) is 0 Å². The maximum absolute atomic E-state index is 12.9. The largest absolute Gasteiger partial charge is 0.416 e. The number of aliphatic hydroxyl groups excluding tert-OH is 1.